The summed E-state index contributed by atoms with van der Waals surface area (Å²) in [6.45, 7) is 6.76. The molecule has 0 bridgehead atoms. The van der Waals surface area contributed by atoms with Gasteiger partial charge in [-0.3, -0.25) is 9.88 Å². The summed E-state index contributed by atoms with van der Waals surface area (Å²) >= 11 is 0. The van der Waals surface area contributed by atoms with Gasteiger partial charge in [0.05, 0.1) is 17.9 Å². The fraction of sp³-hybridized carbons (Fsp3) is 0.688. The van der Waals surface area contributed by atoms with Crippen molar-refractivity contribution >= 4 is 0 Å². The van der Waals surface area contributed by atoms with Gasteiger partial charge in [0.25, 0.3) is 0 Å². The summed E-state index contributed by atoms with van der Waals surface area (Å²) in [5.74, 6) is 0. The number of ether oxygens (including phenoxy) is 2. The van der Waals surface area contributed by atoms with Crippen molar-refractivity contribution in [3.63, 3.8) is 0 Å². The highest BCUT2D eigenvalue weighted by Gasteiger charge is 2.32. The van der Waals surface area contributed by atoms with Crippen molar-refractivity contribution in [2.75, 3.05) is 33.9 Å². The van der Waals surface area contributed by atoms with E-state index < -0.39 is 0 Å². The van der Waals surface area contributed by atoms with Crippen molar-refractivity contribution in [1.82, 2.24) is 15.2 Å². The molecule has 2 unspecified atom stereocenters. The number of methoxy groups -OCH3 is 2. The number of rotatable bonds is 8. The van der Waals surface area contributed by atoms with E-state index in [2.05, 4.69) is 34.3 Å². The number of nitrogens with one attached hydrogen (secondary N) is 1. The normalized spacial score (nSPS) is 22.8. The van der Waals surface area contributed by atoms with Crippen molar-refractivity contribution in [3.8, 4) is 0 Å². The highest BCUT2D eigenvalue weighted by atomic mass is 16.5. The first kappa shape index (κ1) is 16.4. The first-order chi connectivity index (χ1) is 10.3. The third-order valence-corrected chi connectivity index (χ3v) is 3.92. The lowest BCUT2D eigenvalue weighted by atomic mass is 10.2. The minimum Gasteiger partial charge on any atom is -0.377 e. The fourth-order valence-corrected chi connectivity index (χ4v) is 2.69. The van der Waals surface area contributed by atoms with Gasteiger partial charge < -0.3 is 14.8 Å². The molecule has 0 radical (unpaired) electrons. The summed E-state index contributed by atoms with van der Waals surface area (Å²) in [5.41, 5.74) is 2.33. The summed E-state index contributed by atoms with van der Waals surface area (Å²) in [5, 5.41) is 3.39. The largest absolute Gasteiger partial charge is 0.377 e. The third-order valence-electron chi connectivity index (χ3n) is 3.92. The van der Waals surface area contributed by atoms with Crippen LogP contribution >= 0.6 is 0 Å². The van der Waals surface area contributed by atoms with Crippen molar-refractivity contribution < 1.29 is 9.47 Å². The Hall–Kier alpha value is -1.01. The second kappa shape index (κ2) is 8.44. The Kier molecular flexibility index (Phi) is 6.57. The molecule has 118 valence electrons. The van der Waals surface area contributed by atoms with E-state index in [1.165, 1.54) is 5.56 Å². The van der Waals surface area contributed by atoms with E-state index in [4.69, 9.17) is 9.47 Å². The summed E-state index contributed by atoms with van der Waals surface area (Å²) in [6.07, 6.45) is 3.44. The van der Waals surface area contributed by atoms with E-state index in [0.717, 1.165) is 44.8 Å². The van der Waals surface area contributed by atoms with E-state index in [-0.39, 0.29) is 12.2 Å². The number of hydrogen-bond acceptors (Lipinski definition) is 5. The minimum atomic E-state index is 0.160. The zero-order chi connectivity index (χ0) is 15.1. The molecule has 21 heavy (non-hydrogen) atoms. The molecular weight excluding hydrogens is 266 g/mol. The molecule has 1 aromatic heterocycles. The molecule has 0 saturated carbocycles. The second-order valence-electron chi connectivity index (χ2n) is 5.58. The molecule has 2 heterocycles. The van der Waals surface area contributed by atoms with E-state index >= 15 is 0 Å². The molecule has 1 aromatic rings. The minimum absolute atomic E-state index is 0.160. The molecule has 1 aliphatic heterocycles. The Morgan fingerprint density at radius 2 is 1.95 bits per heavy atom. The number of pyridine rings is 1. The van der Waals surface area contributed by atoms with Crippen molar-refractivity contribution in [3.05, 3.63) is 29.6 Å². The maximum absolute atomic E-state index is 5.46. The number of aromatic nitrogens is 1. The number of nitrogens with zero attached hydrogens (tertiary/aromatic N) is 2. The number of likely N-dealkylation sites (tertiary alicyclic amines) is 1. The van der Waals surface area contributed by atoms with Gasteiger partial charge in [0.2, 0.25) is 0 Å². The smallest absolute Gasteiger partial charge is 0.0971 e. The SMILES string of the molecule is CCCNCc1ccc(CN2CC(OC)C(OC)C2)nc1. The quantitative estimate of drug-likeness (QED) is 0.735. The zero-order valence-corrected chi connectivity index (χ0v) is 13.3. The molecule has 1 fully saturated rings. The maximum Gasteiger partial charge on any atom is 0.0971 e. The Balaban J connectivity index is 1.83. The van der Waals surface area contributed by atoms with E-state index in [9.17, 15) is 0 Å². The van der Waals surface area contributed by atoms with Crippen LogP contribution in [0.25, 0.3) is 0 Å². The van der Waals surface area contributed by atoms with Gasteiger partial charge in [0.15, 0.2) is 0 Å². The van der Waals surface area contributed by atoms with Crippen LogP contribution in [-0.4, -0.2) is 55.9 Å². The van der Waals surface area contributed by atoms with Gasteiger partial charge in [-0.2, -0.15) is 0 Å². The van der Waals surface area contributed by atoms with Crippen LogP contribution in [0, 0.1) is 0 Å². The monoisotopic (exact) mass is 293 g/mol. The summed E-state index contributed by atoms with van der Waals surface area (Å²) in [4.78, 5) is 6.89. The van der Waals surface area contributed by atoms with Crippen LogP contribution in [0.1, 0.15) is 24.6 Å². The molecule has 1 saturated heterocycles. The van der Waals surface area contributed by atoms with Crippen LogP contribution in [0.4, 0.5) is 0 Å². The second-order valence-corrected chi connectivity index (χ2v) is 5.58. The molecule has 0 spiro atoms. The lowest BCUT2D eigenvalue weighted by molar-refractivity contribution is -0.00461. The first-order valence-corrected chi connectivity index (χ1v) is 7.69. The Morgan fingerprint density at radius 3 is 2.48 bits per heavy atom. The molecule has 0 aliphatic carbocycles. The van der Waals surface area contributed by atoms with Crippen molar-refractivity contribution in [1.29, 1.82) is 0 Å². The van der Waals surface area contributed by atoms with Gasteiger partial charge in [-0.1, -0.05) is 13.0 Å². The lowest BCUT2D eigenvalue weighted by Gasteiger charge is -2.14. The lowest BCUT2D eigenvalue weighted by Crippen LogP contribution is -2.27. The first-order valence-electron chi connectivity index (χ1n) is 7.69. The molecule has 2 rings (SSSR count). The topological polar surface area (TPSA) is 46.6 Å². The molecule has 2 atom stereocenters. The molecule has 1 aliphatic rings. The van der Waals surface area contributed by atoms with Crippen molar-refractivity contribution in [2.24, 2.45) is 0 Å². The highest BCUT2D eigenvalue weighted by molar-refractivity contribution is 5.14. The van der Waals surface area contributed by atoms with Crippen LogP contribution in [0.15, 0.2) is 18.3 Å². The summed E-state index contributed by atoms with van der Waals surface area (Å²) in [7, 11) is 3.49. The van der Waals surface area contributed by atoms with E-state index in [1.54, 1.807) is 14.2 Å². The molecule has 0 amide bonds. The van der Waals surface area contributed by atoms with Gasteiger partial charge in [0, 0.05) is 46.6 Å². The molecule has 5 nitrogen and oxygen atoms in total. The van der Waals surface area contributed by atoms with Crippen molar-refractivity contribution in [2.45, 2.75) is 38.6 Å². The number of hydrogen-bond donors (Lipinski definition) is 1. The van der Waals surface area contributed by atoms with Crippen LogP contribution in [0.5, 0.6) is 0 Å². The average Bonchev–Trinajstić information content (AvgIpc) is 2.91. The van der Waals surface area contributed by atoms with Crippen LogP contribution in [-0.2, 0) is 22.6 Å². The maximum atomic E-state index is 5.46. The summed E-state index contributed by atoms with van der Waals surface area (Å²) < 4.78 is 10.9. The highest BCUT2D eigenvalue weighted by Crippen LogP contribution is 2.17. The Morgan fingerprint density at radius 1 is 1.24 bits per heavy atom. The standard InChI is InChI=1S/C16H27N3O2/c1-4-7-17-8-13-5-6-14(18-9-13)10-19-11-15(20-2)16(12-19)21-3/h5-6,9,15-17H,4,7-8,10-12H2,1-3H3. The fourth-order valence-electron chi connectivity index (χ4n) is 2.69. The molecule has 1 N–H and O–H groups in total. The Labute approximate surface area is 127 Å². The van der Waals surface area contributed by atoms with Crippen LogP contribution < -0.4 is 5.32 Å². The predicted octanol–water partition coefficient (Wildman–Crippen LogP) is 1.43. The third kappa shape index (κ3) is 4.74. The van der Waals surface area contributed by atoms with Gasteiger partial charge in [-0.05, 0) is 24.6 Å². The van der Waals surface area contributed by atoms with E-state index in [0.29, 0.717) is 0 Å². The van der Waals surface area contributed by atoms with E-state index in [1.807, 2.05) is 6.20 Å². The Bertz CT molecular complexity index is 398. The van der Waals surface area contributed by atoms with Gasteiger partial charge in [-0.25, -0.2) is 0 Å². The predicted molar refractivity (Wildman–Crippen MR) is 83.1 cm³/mol. The van der Waals surface area contributed by atoms with Crippen LogP contribution in [0.2, 0.25) is 0 Å². The molecule has 5 heteroatoms. The molecular formula is C16H27N3O2. The zero-order valence-electron chi connectivity index (χ0n) is 13.3. The molecule has 0 aromatic carbocycles. The summed E-state index contributed by atoms with van der Waals surface area (Å²) in [6, 6.07) is 4.27. The van der Waals surface area contributed by atoms with Gasteiger partial charge >= 0.3 is 0 Å². The van der Waals surface area contributed by atoms with Gasteiger partial charge in [0.1, 0.15) is 0 Å². The van der Waals surface area contributed by atoms with Crippen LogP contribution in [0.3, 0.4) is 0 Å². The average molecular weight is 293 g/mol. The van der Waals surface area contributed by atoms with Gasteiger partial charge in [-0.15, -0.1) is 0 Å².